The van der Waals surface area contributed by atoms with Crippen LogP contribution < -0.4 is 10.1 Å². The number of carbonyl (C=O) groups excluding carboxylic acids is 1. The Bertz CT molecular complexity index is 926. The number of amides is 1. The molecule has 1 aliphatic rings. The molecule has 0 bridgehead atoms. The van der Waals surface area contributed by atoms with E-state index < -0.39 is 10.0 Å². The van der Waals surface area contributed by atoms with Crippen molar-refractivity contribution in [2.75, 3.05) is 20.2 Å². The number of ether oxygens (including phenoxy) is 1. The molecule has 28 heavy (non-hydrogen) atoms. The SMILES string of the molecule is COc1ccc(S(=O)(=O)N2CCC(C(=O)NCc3ccccc3)CC2)cc1Cl. The van der Waals surface area contributed by atoms with Crippen LogP contribution in [0.4, 0.5) is 0 Å². The van der Waals surface area contributed by atoms with Crippen molar-refractivity contribution in [3.63, 3.8) is 0 Å². The molecule has 1 amide bonds. The van der Waals surface area contributed by atoms with Crippen LogP contribution in [0.2, 0.25) is 5.02 Å². The molecule has 2 aromatic carbocycles. The van der Waals surface area contributed by atoms with E-state index in [1.165, 1.54) is 23.5 Å². The zero-order valence-electron chi connectivity index (χ0n) is 15.6. The molecule has 150 valence electrons. The number of benzene rings is 2. The molecular weight excluding hydrogens is 400 g/mol. The van der Waals surface area contributed by atoms with Crippen LogP contribution in [0, 0.1) is 5.92 Å². The minimum Gasteiger partial charge on any atom is -0.495 e. The van der Waals surface area contributed by atoms with Crippen molar-refractivity contribution in [3.05, 3.63) is 59.1 Å². The summed E-state index contributed by atoms with van der Waals surface area (Å²) in [6, 6.07) is 14.1. The monoisotopic (exact) mass is 422 g/mol. The highest BCUT2D eigenvalue weighted by molar-refractivity contribution is 7.89. The topological polar surface area (TPSA) is 75.7 Å². The maximum absolute atomic E-state index is 12.9. The van der Waals surface area contributed by atoms with Crippen molar-refractivity contribution in [1.29, 1.82) is 0 Å². The summed E-state index contributed by atoms with van der Waals surface area (Å²) in [5, 5.41) is 3.18. The highest BCUT2D eigenvalue weighted by atomic mass is 35.5. The summed E-state index contributed by atoms with van der Waals surface area (Å²) in [6.45, 7) is 1.08. The molecule has 6 nitrogen and oxygen atoms in total. The fourth-order valence-corrected chi connectivity index (χ4v) is 5.06. The van der Waals surface area contributed by atoms with Crippen molar-refractivity contribution in [2.45, 2.75) is 24.3 Å². The average molecular weight is 423 g/mol. The molecule has 8 heteroatoms. The van der Waals surface area contributed by atoms with Gasteiger partial charge in [0.25, 0.3) is 0 Å². The minimum atomic E-state index is -3.65. The normalized spacial score (nSPS) is 15.9. The zero-order valence-corrected chi connectivity index (χ0v) is 17.2. The number of nitrogens with one attached hydrogen (secondary N) is 1. The predicted molar refractivity (Wildman–Crippen MR) is 108 cm³/mol. The van der Waals surface area contributed by atoms with Gasteiger partial charge in [-0.15, -0.1) is 0 Å². The second-order valence-corrected chi connectivity index (χ2v) is 9.02. The van der Waals surface area contributed by atoms with Crippen LogP contribution in [0.5, 0.6) is 5.75 Å². The van der Waals surface area contributed by atoms with Gasteiger partial charge in [0.15, 0.2) is 0 Å². The summed E-state index contributed by atoms with van der Waals surface area (Å²) >= 11 is 6.06. The molecule has 1 N–H and O–H groups in total. The summed E-state index contributed by atoms with van der Waals surface area (Å²) in [5.74, 6) is 0.206. The van der Waals surface area contributed by atoms with Gasteiger partial charge < -0.3 is 10.1 Å². The first-order chi connectivity index (χ1) is 13.4. The largest absolute Gasteiger partial charge is 0.495 e. The molecule has 0 spiro atoms. The first-order valence-corrected chi connectivity index (χ1v) is 10.9. The van der Waals surface area contributed by atoms with Gasteiger partial charge in [0.1, 0.15) is 5.75 Å². The summed E-state index contributed by atoms with van der Waals surface area (Å²) in [6.07, 6.45) is 0.980. The lowest BCUT2D eigenvalue weighted by molar-refractivity contribution is -0.126. The molecule has 1 saturated heterocycles. The van der Waals surface area contributed by atoms with E-state index in [1.807, 2.05) is 30.3 Å². The number of methoxy groups -OCH3 is 1. The lowest BCUT2D eigenvalue weighted by atomic mass is 9.97. The molecule has 0 aliphatic carbocycles. The average Bonchev–Trinajstić information content (AvgIpc) is 2.72. The molecule has 0 atom stereocenters. The van der Waals surface area contributed by atoms with Crippen LogP contribution in [0.15, 0.2) is 53.4 Å². The molecule has 3 rings (SSSR count). The van der Waals surface area contributed by atoms with Crippen molar-refractivity contribution in [1.82, 2.24) is 9.62 Å². The maximum Gasteiger partial charge on any atom is 0.243 e. The second-order valence-electron chi connectivity index (χ2n) is 6.68. The van der Waals surface area contributed by atoms with E-state index in [2.05, 4.69) is 5.32 Å². The minimum absolute atomic E-state index is 0.0339. The second kappa shape index (κ2) is 8.94. The van der Waals surface area contributed by atoms with Crippen LogP contribution in [-0.2, 0) is 21.4 Å². The molecule has 0 saturated carbocycles. The van der Waals surface area contributed by atoms with Gasteiger partial charge in [-0.25, -0.2) is 8.42 Å². The lowest BCUT2D eigenvalue weighted by Crippen LogP contribution is -2.42. The van der Waals surface area contributed by atoms with Crippen molar-refractivity contribution >= 4 is 27.5 Å². The van der Waals surface area contributed by atoms with Crippen molar-refractivity contribution in [3.8, 4) is 5.75 Å². The Morgan fingerprint density at radius 1 is 1.18 bits per heavy atom. The first kappa shape index (κ1) is 20.6. The molecule has 0 radical (unpaired) electrons. The van der Waals surface area contributed by atoms with Crippen molar-refractivity contribution in [2.24, 2.45) is 5.92 Å². The third kappa shape index (κ3) is 4.66. The Morgan fingerprint density at radius 3 is 2.46 bits per heavy atom. The van der Waals surface area contributed by atoms with Gasteiger partial charge >= 0.3 is 0 Å². The quantitative estimate of drug-likeness (QED) is 0.776. The van der Waals surface area contributed by atoms with Crippen molar-refractivity contribution < 1.29 is 17.9 Å². The Hall–Kier alpha value is -2.09. The van der Waals surface area contributed by atoms with Crippen LogP contribution in [0.25, 0.3) is 0 Å². The van der Waals surface area contributed by atoms with Gasteiger partial charge in [-0.2, -0.15) is 4.31 Å². The number of nitrogens with zero attached hydrogens (tertiary/aromatic N) is 1. The van der Waals surface area contributed by atoms with E-state index in [0.717, 1.165) is 5.56 Å². The lowest BCUT2D eigenvalue weighted by Gasteiger charge is -2.30. The van der Waals surface area contributed by atoms with E-state index >= 15 is 0 Å². The standard InChI is InChI=1S/C20H23ClN2O4S/c1-27-19-8-7-17(13-18(19)21)28(25,26)23-11-9-16(10-12-23)20(24)22-14-15-5-3-2-4-6-15/h2-8,13,16H,9-12,14H2,1H3,(H,22,24). The van der Waals surface area contributed by atoms with Gasteiger partial charge in [0.2, 0.25) is 15.9 Å². The molecule has 1 aliphatic heterocycles. The molecule has 1 heterocycles. The molecule has 1 fully saturated rings. The fraction of sp³-hybridized carbons (Fsp3) is 0.350. The number of piperidine rings is 1. The van der Waals surface area contributed by atoms with E-state index in [1.54, 1.807) is 6.07 Å². The third-order valence-corrected chi connectivity index (χ3v) is 7.09. The van der Waals surface area contributed by atoms with Crippen LogP contribution >= 0.6 is 11.6 Å². The Morgan fingerprint density at radius 2 is 1.86 bits per heavy atom. The third-order valence-electron chi connectivity index (χ3n) is 4.90. The summed E-state index contributed by atoms with van der Waals surface area (Å²) in [4.78, 5) is 12.5. The van der Waals surface area contributed by atoms with Gasteiger partial charge in [-0.3, -0.25) is 4.79 Å². The number of halogens is 1. The van der Waals surface area contributed by atoms with E-state index in [4.69, 9.17) is 16.3 Å². The zero-order chi connectivity index (χ0) is 20.1. The predicted octanol–water partition coefficient (Wildman–Crippen LogP) is 3.07. The Balaban J connectivity index is 1.58. The number of carbonyl (C=O) groups is 1. The maximum atomic E-state index is 12.9. The fourth-order valence-electron chi connectivity index (χ4n) is 3.24. The number of sulfonamides is 1. The van der Waals surface area contributed by atoms with Crippen LogP contribution in [-0.4, -0.2) is 38.8 Å². The van der Waals surface area contributed by atoms with E-state index in [0.29, 0.717) is 38.2 Å². The van der Waals surface area contributed by atoms with Gasteiger partial charge in [-0.1, -0.05) is 41.9 Å². The molecule has 0 aromatic heterocycles. The van der Waals surface area contributed by atoms with Crippen LogP contribution in [0.3, 0.4) is 0 Å². The summed E-state index contributed by atoms with van der Waals surface area (Å²) in [5.41, 5.74) is 1.03. The smallest absolute Gasteiger partial charge is 0.243 e. The molecular formula is C20H23ClN2O4S. The highest BCUT2D eigenvalue weighted by Gasteiger charge is 2.32. The van der Waals surface area contributed by atoms with E-state index in [-0.39, 0.29) is 21.7 Å². The molecule has 0 unspecified atom stereocenters. The molecule has 2 aromatic rings. The number of rotatable bonds is 6. The highest BCUT2D eigenvalue weighted by Crippen LogP contribution is 2.30. The number of hydrogen-bond acceptors (Lipinski definition) is 4. The number of hydrogen-bond donors (Lipinski definition) is 1. The van der Waals surface area contributed by atoms with Gasteiger partial charge in [0.05, 0.1) is 17.0 Å². The van der Waals surface area contributed by atoms with Gasteiger partial charge in [-0.05, 0) is 36.6 Å². The van der Waals surface area contributed by atoms with Gasteiger partial charge in [0, 0.05) is 25.6 Å². The first-order valence-electron chi connectivity index (χ1n) is 9.07. The summed E-state index contributed by atoms with van der Waals surface area (Å²) < 4.78 is 32.2. The summed E-state index contributed by atoms with van der Waals surface area (Å²) in [7, 11) is -2.18. The Labute approximate surface area is 170 Å². The van der Waals surface area contributed by atoms with E-state index in [9.17, 15) is 13.2 Å². The van der Waals surface area contributed by atoms with Crippen LogP contribution in [0.1, 0.15) is 18.4 Å². The Kier molecular flexibility index (Phi) is 6.59.